The van der Waals surface area contributed by atoms with E-state index in [0.717, 1.165) is 32.5 Å². The maximum Gasteiger partial charge on any atom is 0.239 e. The van der Waals surface area contributed by atoms with E-state index in [2.05, 4.69) is 31.0 Å². The van der Waals surface area contributed by atoms with Gasteiger partial charge in [0.05, 0.1) is 6.04 Å². The van der Waals surface area contributed by atoms with Gasteiger partial charge in [-0.15, -0.1) is 0 Å². The Morgan fingerprint density at radius 2 is 2.20 bits per heavy atom. The van der Waals surface area contributed by atoms with Gasteiger partial charge in [-0.1, -0.05) is 20.8 Å². The average Bonchev–Trinajstić information content (AvgIpc) is 2.46. The maximum atomic E-state index is 12.0. The largest absolute Gasteiger partial charge is 0.341 e. The number of amides is 1. The van der Waals surface area contributed by atoms with E-state index in [1.807, 2.05) is 0 Å². The average molecular weight is 210 g/mol. The highest BCUT2D eigenvalue weighted by atomic mass is 16.2. The number of nitrogens with zero attached hydrogens (tertiary/aromatic N) is 1. The number of hydrogen-bond donors (Lipinski definition) is 1. The second kappa shape index (κ2) is 3.78. The molecule has 3 heteroatoms. The molecule has 0 spiro atoms. The third kappa shape index (κ3) is 1.89. The molecule has 86 valence electrons. The second-order valence-electron chi connectivity index (χ2n) is 5.61. The van der Waals surface area contributed by atoms with Crippen molar-refractivity contribution in [3.8, 4) is 0 Å². The van der Waals surface area contributed by atoms with Gasteiger partial charge in [0.1, 0.15) is 0 Å². The Morgan fingerprint density at radius 1 is 1.53 bits per heavy atom. The van der Waals surface area contributed by atoms with E-state index in [1.165, 1.54) is 0 Å². The van der Waals surface area contributed by atoms with Gasteiger partial charge in [-0.05, 0) is 30.7 Å². The Kier molecular flexibility index (Phi) is 2.75. The molecule has 2 saturated heterocycles. The van der Waals surface area contributed by atoms with E-state index in [0.29, 0.717) is 17.2 Å². The summed E-state index contributed by atoms with van der Waals surface area (Å²) < 4.78 is 0. The fourth-order valence-electron chi connectivity index (χ4n) is 2.36. The molecule has 2 rings (SSSR count). The second-order valence-corrected chi connectivity index (χ2v) is 5.61. The molecule has 2 atom stereocenters. The van der Waals surface area contributed by atoms with Crippen molar-refractivity contribution in [3.63, 3.8) is 0 Å². The van der Waals surface area contributed by atoms with Crippen LogP contribution in [0.4, 0.5) is 0 Å². The summed E-state index contributed by atoms with van der Waals surface area (Å²) in [6.45, 7) is 9.73. The highest BCUT2D eigenvalue weighted by Gasteiger charge is 2.40. The summed E-state index contributed by atoms with van der Waals surface area (Å²) in [6.07, 6.45) is 2.18. The van der Waals surface area contributed by atoms with Gasteiger partial charge >= 0.3 is 0 Å². The standard InChI is InChI=1S/C12H22N2O/c1-9(2)12(3)5-7-14(8-12)11(15)10-4-6-13-10/h9-10,13H,4-8H2,1-3H3/t10-,12-/m0/s1. The molecule has 2 fully saturated rings. The molecule has 3 nitrogen and oxygen atoms in total. The molecule has 2 heterocycles. The predicted octanol–water partition coefficient (Wildman–Crippen LogP) is 1.24. The van der Waals surface area contributed by atoms with Crippen molar-refractivity contribution >= 4 is 5.91 Å². The summed E-state index contributed by atoms with van der Waals surface area (Å²) in [5.41, 5.74) is 0.333. The Morgan fingerprint density at radius 3 is 2.60 bits per heavy atom. The van der Waals surface area contributed by atoms with Gasteiger partial charge in [0.25, 0.3) is 0 Å². The van der Waals surface area contributed by atoms with Crippen molar-refractivity contribution in [3.05, 3.63) is 0 Å². The zero-order chi connectivity index (χ0) is 11.1. The summed E-state index contributed by atoms with van der Waals surface area (Å²) in [4.78, 5) is 14.1. The molecule has 0 unspecified atom stereocenters. The van der Waals surface area contributed by atoms with Crippen LogP contribution in [0.1, 0.15) is 33.6 Å². The molecule has 0 aromatic rings. The van der Waals surface area contributed by atoms with Crippen LogP contribution in [-0.2, 0) is 4.79 Å². The Balaban J connectivity index is 1.94. The van der Waals surface area contributed by atoms with Crippen LogP contribution in [-0.4, -0.2) is 36.5 Å². The fourth-order valence-corrected chi connectivity index (χ4v) is 2.36. The first-order chi connectivity index (χ1) is 7.03. The van der Waals surface area contributed by atoms with Crippen molar-refractivity contribution in [2.24, 2.45) is 11.3 Å². The van der Waals surface area contributed by atoms with Crippen LogP contribution >= 0.6 is 0 Å². The Hall–Kier alpha value is -0.570. The van der Waals surface area contributed by atoms with Crippen molar-refractivity contribution in [2.45, 2.75) is 39.7 Å². The molecule has 2 aliphatic rings. The van der Waals surface area contributed by atoms with Gasteiger partial charge in [0, 0.05) is 13.1 Å². The van der Waals surface area contributed by atoms with Crippen molar-refractivity contribution in [2.75, 3.05) is 19.6 Å². The van der Waals surface area contributed by atoms with Crippen LogP contribution in [0.5, 0.6) is 0 Å². The van der Waals surface area contributed by atoms with Gasteiger partial charge in [-0.2, -0.15) is 0 Å². The first-order valence-corrected chi connectivity index (χ1v) is 6.05. The zero-order valence-electron chi connectivity index (χ0n) is 10.0. The summed E-state index contributed by atoms with van der Waals surface area (Å²) in [5.74, 6) is 0.982. The van der Waals surface area contributed by atoms with Gasteiger partial charge in [0.15, 0.2) is 0 Å². The number of rotatable bonds is 2. The van der Waals surface area contributed by atoms with E-state index < -0.39 is 0 Å². The van der Waals surface area contributed by atoms with Crippen molar-refractivity contribution in [1.82, 2.24) is 10.2 Å². The van der Waals surface area contributed by atoms with Crippen molar-refractivity contribution < 1.29 is 4.79 Å². The molecule has 0 aliphatic carbocycles. The lowest BCUT2D eigenvalue weighted by atomic mass is 9.78. The molecular weight excluding hydrogens is 188 g/mol. The fraction of sp³-hybridized carbons (Fsp3) is 0.917. The van der Waals surface area contributed by atoms with Crippen LogP contribution < -0.4 is 5.32 Å². The van der Waals surface area contributed by atoms with Gasteiger partial charge < -0.3 is 10.2 Å². The summed E-state index contributed by atoms with van der Waals surface area (Å²) >= 11 is 0. The van der Waals surface area contributed by atoms with E-state index >= 15 is 0 Å². The van der Waals surface area contributed by atoms with E-state index in [1.54, 1.807) is 0 Å². The van der Waals surface area contributed by atoms with Gasteiger partial charge in [-0.25, -0.2) is 0 Å². The molecular formula is C12H22N2O. The Labute approximate surface area is 92.2 Å². The maximum absolute atomic E-state index is 12.0. The van der Waals surface area contributed by atoms with Gasteiger partial charge in [-0.3, -0.25) is 4.79 Å². The summed E-state index contributed by atoms with van der Waals surface area (Å²) in [6, 6.07) is 0.125. The molecule has 1 N–H and O–H groups in total. The van der Waals surface area contributed by atoms with Gasteiger partial charge in [0.2, 0.25) is 5.91 Å². The first-order valence-electron chi connectivity index (χ1n) is 6.05. The molecule has 0 saturated carbocycles. The topological polar surface area (TPSA) is 32.3 Å². The molecule has 2 aliphatic heterocycles. The molecule has 0 aromatic heterocycles. The lowest BCUT2D eigenvalue weighted by Crippen LogP contribution is -2.54. The zero-order valence-corrected chi connectivity index (χ0v) is 10.0. The van der Waals surface area contributed by atoms with Crippen LogP contribution in [0.3, 0.4) is 0 Å². The molecule has 1 amide bonds. The SMILES string of the molecule is CC(C)[C@@]1(C)CCN(C(=O)[C@@H]2CCN2)C1. The molecule has 0 bridgehead atoms. The quantitative estimate of drug-likeness (QED) is 0.744. The number of carbonyl (C=O) groups excluding carboxylic acids is 1. The summed E-state index contributed by atoms with van der Waals surface area (Å²) in [7, 11) is 0. The van der Waals surface area contributed by atoms with Crippen LogP contribution in [0.2, 0.25) is 0 Å². The van der Waals surface area contributed by atoms with Crippen molar-refractivity contribution in [1.29, 1.82) is 0 Å². The van der Waals surface area contributed by atoms with E-state index in [4.69, 9.17) is 0 Å². The number of nitrogens with one attached hydrogen (secondary N) is 1. The minimum absolute atomic E-state index is 0.125. The minimum atomic E-state index is 0.125. The van der Waals surface area contributed by atoms with E-state index in [-0.39, 0.29) is 6.04 Å². The highest BCUT2D eigenvalue weighted by molar-refractivity contribution is 5.83. The smallest absolute Gasteiger partial charge is 0.239 e. The molecule has 0 aromatic carbocycles. The van der Waals surface area contributed by atoms with E-state index in [9.17, 15) is 4.79 Å². The number of hydrogen-bond acceptors (Lipinski definition) is 2. The molecule has 15 heavy (non-hydrogen) atoms. The lowest BCUT2D eigenvalue weighted by Gasteiger charge is -2.33. The van der Waals surface area contributed by atoms with Crippen LogP contribution in [0.15, 0.2) is 0 Å². The normalized spacial score (nSPS) is 35.7. The lowest BCUT2D eigenvalue weighted by molar-refractivity contribution is -0.134. The Bertz CT molecular complexity index is 260. The van der Waals surface area contributed by atoms with Crippen LogP contribution in [0.25, 0.3) is 0 Å². The van der Waals surface area contributed by atoms with Crippen LogP contribution in [0, 0.1) is 11.3 Å². The predicted molar refractivity (Wildman–Crippen MR) is 60.5 cm³/mol. The molecule has 0 radical (unpaired) electrons. The first kappa shape index (κ1) is 10.9. The summed E-state index contributed by atoms with van der Waals surface area (Å²) in [5, 5.41) is 3.19. The monoisotopic (exact) mass is 210 g/mol. The highest BCUT2D eigenvalue weighted by Crippen LogP contribution is 2.37. The third-order valence-electron chi connectivity index (χ3n) is 4.33. The number of likely N-dealkylation sites (tertiary alicyclic amines) is 1. The minimum Gasteiger partial charge on any atom is -0.341 e. The number of carbonyl (C=O) groups is 1. The third-order valence-corrected chi connectivity index (χ3v) is 4.33.